The Hall–Kier alpha value is -1.44. The van der Waals surface area contributed by atoms with Crippen LogP contribution in [-0.4, -0.2) is 27.4 Å². The van der Waals surface area contributed by atoms with Crippen molar-refractivity contribution in [2.24, 2.45) is 0 Å². The summed E-state index contributed by atoms with van der Waals surface area (Å²) in [6.45, 7) is 4.58. The molecule has 0 aliphatic rings. The summed E-state index contributed by atoms with van der Waals surface area (Å²) in [6, 6.07) is 5.99. The molecular weight excluding hydrogens is 394 g/mol. The molecule has 0 aliphatic heterocycles. The van der Waals surface area contributed by atoms with Gasteiger partial charge >= 0.3 is 0 Å². The van der Waals surface area contributed by atoms with Crippen molar-refractivity contribution >= 4 is 44.5 Å². The van der Waals surface area contributed by atoms with E-state index in [-0.39, 0.29) is 5.91 Å². The summed E-state index contributed by atoms with van der Waals surface area (Å²) in [4.78, 5) is 20.1. The number of carbonyl (C=O) groups excluding carboxylic acids is 1. The first-order valence-corrected chi connectivity index (χ1v) is 9.54. The average Bonchev–Trinajstić information content (AvgIpc) is 3.20. The highest BCUT2D eigenvalue weighted by atomic mass is 79.9. The SMILES string of the molecule is Cc1cc(C(=O)N(C)Cc2ccc(Br)s2)c(C)n1-c1nccs1. The summed E-state index contributed by atoms with van der Waals surface area (Å²) in [5, 5.41) is 2.83. The van der Waals surface area contributed by atoms with E-state index in [1.165, 1.54) is 0 Å². The fraction of sp³-hybridized carbons (Fsp3) is 0.250. The molecule has 0 bridgehead atoms. The van der Waals surface area contributed by atoms with Gasteiger partial charge in [-0.05, 0) is 48.0 Å². The minimum atomic E-state index is 0.0328. The van der Waals surface area contributed by atoms with Crippen molar-refractivity contribution in [3.8, 4) is 5.13 Å². The molecule has 0 spiro atoms. The predicted molar refractivity (Wildman–Crippen MR) is 98.7 cm³/mol. The van der Waals surface area contributed by atoms with E-state index in [2.05, 4.69) is 20.9 Å². The summed E-state index contributed by atoms with van der Waals surface area (Å²) in [6.07, 6.45) is 1.78. The zero-order valence-electron chi connectivity index (χ0n) is 13.0. The number of halogens is 1. The fourth-order valence-corrected chi connectivity index (χ4v) is 4.84. The lowest BCUT2D eigenvalue weighted by molar-refractivity contribution is 0.0786. The molecular formula is C16H16BrN3OS2. The van der Waals surface area contributed by atoms with Gasteiger partial charge in [-0.1, -0.05) is 0 Å². The summed E-state index contributed by atoms with van der Waals surface area (Å²) < 4.78 is 3.11. The van der Waals surface area contributed by atoms with E-state index >= 15 is 0 Å². The van der Waals surface area contributed by atoms with Gasteiger partial charge in [0.15, 0.2) is 5.13 Å². The van der Waals surface area contributed by atoms with Gasteiger partial charge in [-0.25, -0.2) is 4.98 Å². The van der Waals surface area contributed by atoms with Gasteiger partial charge in [-0.3, -0.25) is 9.36 Å². The molecule has 120 valence electrons. The summed E-state index contributed by atoms with van der Waals surface area (Å²) in [5.41, 5.74) is 2.69. The van der Waals surface area contributed by atoms with Crippen LogP contribution in [0.3, 0.4) is 0 Å². The molecule has 0 N–H and O–H groups in total. The zero-order chi connectivity index (χ0) is 16.6. The quantitative estimate of drug-likeness (QED) is 0.628. The Morgan fingerprint density at radius 1 is 1.39 bits per heavy atom. The first-order chi connectivity index (χ1) is 11.0. The molecule has 0 aromatic carbocycles. The molecule has 0 saturated heterocycles. The zero-order valence-corrected chi connectivity index (χ0v) is 16.3. The Bertz CT molecular complexity index is 836. The number of aryl methyl sites for hydroxylation is 1. The molecule has 3 aromatic rings. The Morgan fingerprint density at radius 2 is 2.17 bits per heavy atom. The number of amides is 1. The molecule has 0 saturated carbocycles. The molecule has 4 nitrogen and oxygen atoms in total. The van der Waals surface area contributed by atoms with E-state index in [9.17, 15) is 4.79 Å². The third kappa shape index (κ3) is 3.27. The predicted octanol–water partition coefficient (Wildman–Crippen LogP) is 4.65. The summed E-state index contributed by atoms with van der Waals surface area (Å²) >= 11 is 6.67. The minimum Gasteiger partial charge on any atom is -0.337 e. The third-order valence-electron chi connectivity index (χ3n) is 3.64. The van der Waals surface area contributed by atoms with Crippen molar-refractivity contribution in [1.29, 1.82) is 0 Å². The van der Waals surface area contributed by atoms with Crippen LogP contribution >= 0.6 is 38.6 Å². The molecule has 7 heteroatoms. The van der Waals surface area contributed by atoms with E-state index in [0.717, 1.165) is 30.7 Å². The van der Waals surface area contributed by atoms with E-state index in [1.807, 2.05) is 49.0 Å². The van der Waals surface area contributed by atoms with Crippen molar-refractivity contribution in [3.63, 3.8) is 0 Å². The molecule has 3 aromatic heterocycles. The molecule has 3 rings (SSSR count). The highest BCUT2D eigenvalue weighted by Gasteiger charge is 2.21. The second-order valence-electron chi connectivity index (χ2n) is 5.30. The van der Waals surface area contributed by atoms with Crippen molar-refractivity contribution in [2.75, 3.05) is 7.05 Å². The minimum absolute atomic E-state index is 0.0328. The Balaban J connectivity index is 1.86. The second-order valence-corrected chi connectivity index (χ2v) is 8.72. The Labute approximate surface area is 151 Å². The van der Waals surface area contributed by atoms with Gasteiger partial charge in [-0.15, -0.1) is 22.7 Å². The maximum Gasteiger partial charge on any atom is 0.255 e. The van der Waals surface area contributed by atoms with Gasteiger partial charge in [-0.2, -0.15) is 0 Å². The maximum atomic E-state index is 12.8. The molecule has 0 fully saturated rings. The molecule has 23 heavy (non-hydrogen) atoms. The number of hydrogen-bond donors (Lipinski definition) is 0. The van der Waals surface area contributed by atoms with Crippen molar-refractivity contribution in [3.05, 3.63) is 55.4 Å². The van der Waals surface area contributed by atoms with Gasteiger partial charge in [0.25, 0.3) is 5.91 Å². The van der Waals surface area contributed by atoms with Crippen molar-refractivity contribution in [2.45, 2.75) is 20.4 Å². The lowest BCUT2D eigenvalue weighted by Crippen LogP contribution is -2.26. The molecule has 3 heterocycles. The number of hydrogen-bond acceptors (Lipinski definition) is 4. The number of nitrogens with zero attached hydrogens (tertiary/aromatic N) is 3. The van der Waals surface area contributed by atoms with Crippen molar-refractivity contribution < 1.29 is 4.79 Å². The number of thiophene rings is 1. The smallest absolute Gasteiger partial charge is 0.255 e. The Kier molecular flexibility index (Phi) is 4.70. The molecule has 0 unspecified atom stereocenters. The maximum absolute atomic E-state index is 12.8. The Morgan fingerprint density at radius 3 is 2.78 bits per heavy atom. The first kappa shape index (κ1) is 16.4. The molecule has 1 amide bonds. The van der Waals surface area contributed by atoms with Crippen LogP contribution in [0.2, 0.25) is 0 Å². The molecule has 0 atom stereocenters. The van der Waals surface area contributed by atoms with E-state index in [4.69, 9.17) is 0 Å². The van der Waals surface area contributed by atoms with Crippen LogP contribution in [0.15, 0.2) is 33.6 Å². The second kappa shape index (κ2) is 6.59. The third-order valence-corrected chi connectivity index (χ3v) is 6.01. The summed E-state index contributed by atoms with van der Waals surface area (Å²) in [7, 11) is 1.84. The van der Waals surface area contributed by atoms with Crippen LogP contribution in [-0.2, 0) is 6.54 Å². The van der Waals surface area contributed by atoms with Gasteiger partial charge in [0, 0.05) is 34.9 Å². The largest absolute Gasteiger partial charge is 0.337 e. The topological polar surface area (TPSA) is 38.1 Å². The van der Waals surface area contributed by atoms with Crippen LogP contribution in [0.25, 0.3) is 5.13 Å². The highest BCUT2D eigenvalue weighted by molar-refractivity contribution is 9.11. The van der Waals surface area contributed by atoms with Crippen LogP contribution in [0, 0.1) is 13.8 Å². The van der Waals surface area contributed by atoms with Gasteiger partial charge in [0.2, 0.25) is 0 Å². The van der Waals surface area contributed by atoms with E-state index in [1.54, 1.807) is 33.8 Å². The number of rotatable bonds is 4. The van der Waals surface area contributed by atoms with Gasteiger partial charge in [0.1, 0.15) is 0 Å². The number of aromatic nitrogens is 2. The lowest BCUT2D eigenvalue weighted by atomic mass is 10.2. The molecule has 0 aliphatic carbocycles. The first-order valence-electron chi connectivity index (χ1n) is 7.06. The van der Waals surface area contributed by atoms with Gasteiger partial charge < -0.3 is 4.90 Å². The van der Waals surface area contributed by atoms with Crippen LogP contribution in [0.4, 0.5) is 0 Å². The normalized spacial score (nSPS) is 11.0. The fourth-order valence-electron chi connectivity index (χ4n) is 2.55. The number of thiazole rings is 1. The van der Waals surface area contributed by atoms with Gasteiger partial charge in [0.05, 0.1) is 15.9 Å². The average molecular weight is 410 g/mol. The van der Waals surface area contributed by atoms with Crippen LogP contribution < -0.4 is 0 Å². The lowest BCUT2D eigenvalue weighted by Gasteiger charge is -2.16. The van der Waals surface area contributed by atoms with E-state index < -0.39 is 0 Å². The van der Waals surface area contributed by atoms with Crippen LogP contribution in [0.1, 0.15) is 26.6 Å². The molecule has 0 radical (unpaired) electrons. The monoisotopic (exact) mass is 409 g/mol. The standard InChI is InChI=1S/C16H16BrN3OS2/c1-10-8-13(11(2)20(10)16-18-6-7-22-16)15(21)19(3)9-12-4-5-14(17)23-12/h4-8H,9H2,1-3H3. The number of carbonyl (C=O) groups is 1. The highest BCUT2D eigenvalue weighted by Crippen LogP contribution is 2.25. The summed E-state index contributed by atoms with van der Waals surface area (Å²) in [5.74, 6) is 0.0328. The van der Waals surface area contributed by atoms with Crippen LogP contribution in [0.5, 0.6) is 0 Å². The van der Waals surface area contributed by atoms with Crippen molar-refractivity contribution in [1.82, 2.24) is 14.5 Å². The van der Waals surface area contributed by atoms with E-state index in [0.29, 0.717) is 6.54 Å².